The maximum absolute atomic E-state index is 11.9. The van der Waals surface area contributed by atoms with Crippen LogP contribution in [0.3, 0.4) is 0 Å². The highest BCUT2D eigenvalue weighted by Gasteiger charge is 2.26. The average molecular weight is 361 g/mol. The first-order valence-electron chi connectivity index (χ1n) is 9.91. The minimum Gasteiger partial charge on any atom is -0.450 e. The SMILES string of the molecule is CCOC(=O)N1CCN(c2cc(C)nc(N3CCCCC3CC)n2)CC1. The van der Waals surface area contributed by atoms with Crippen LogP contribution in [0.2, 0.25) is 0 Å². The van der Waals surface area contributed by atoms with E-state index in [4.69, 9.17) is 14.7 Å². The summed E-state index contributed by atoms with van der Waals surface area (Å²) in [7, 11) is 0. The Morgan fingerprint density at radius 1 is 1.15 bits per heavy atom. The van der Waals surface area contributed by atoms with Crippen molar-refractivity contribution >= 4 is 17.9 Å². The molecule has 1 aromatic heterocycles. The Kier molecular flexibility index (Phi) is 6.16. The number of anilines is 2. The first kappa shape index (κ1) is 18.7. The van der Waals surface area contributed by atoms with Crippen LogP contribution in [-0.4, -0.2) is 66.3 Å². The second-order valence-electron chi connectivity index (χ2n) is 7.09. The number of hydrogen-bond acceptors (Lipinski definition) is 6. The number of rotatable bonds is 4. The second kappa shape index (κ2) is 8.56. The molecule has 2 saturated heterocycles. The molecule has 2 fully saturated rings. The molecule has 0 N–H and O–H groups in total. The summed E-state index contributed by atoms with van der Waals surface area (Å²) in [4.78, 5) is 27.9. The van der Waals surface area contributed by atoms with E-state index in [1.807, 2.05) is 13.8 Å². The van der Waals surface area contributed by atoms with Gasteiger partial charge >= 0.3 is 6.09 Å². The van der Waals surface area contributed by atoms with Crippen molar-refractivity contribution in [3.63, 3.8) is 0 Å². The quantitative estimate of drug-likeness (QED) is 0.822. The third-order valence-electron chi connectivity index (χ3n) is 5.31. The Labute approximate surface area is 156 Å². The van der Waals surface area contributed by atoms with Gasteiger partial charge in [-0.3, -0.25) is 0 Å². The number of carbonyl (C=O) groups excluding carboxylic acids is 1. The number of piperazine rings is 1. The van der Waals surface area contributed by atoms with Crippen LogP contribution in [0.5, 0.6) is 0 Å². The van der Waals surface area contributed by atoms with E-state index in [2.05, 4.69) is 22.8 Å². The summed E-state index contributed by atoms with van der Waals surface area (Å²) >= 11 is 0. The highest BCUT2D eigenvalue weighted by Crippen LogP contribution is 2.26. The van der Waals surface area contributed by atoms with Gasteiger partial charge in [-0.15, -0.1) is 0 Å². The first-order valence-corrected chi connectivity index (χ1v) is 9.91. The molecule has 0 radical (unpaired) electrons. The topological polar surface area (TPSA) is 61.8 Å². The normalized spacial score (nSPS) is 21.0. The Morgan fingerprint density at radius 3 is 2.62 bits per heavy atom. The molecule has 2 aliphatic heterocycles. The Morgan fingerprint density at radius 2 is 1.92 bits per heavy atom. The summed E-state index contributed by atoms with van der Waals surface area (Å²) in [5.74, 6) is 1.83. The van der Waals surface area contributed by atoms with Crippen LogP contribution < -0.4 is 9.80 Å². The molecule has 3 heterocycles. The van der Waals surface area contributed by atoms with E-state index in [1.54, 1.807) is 4.90 Å². The highest BCUT2D eigenvalue weighted by molar-refractivity contribution is 5.68. The van der Waals surface area contributed by atoms with Gasteiger partial charge in [0.1, 0.15) is 5.82 Å². The fraction of sp³-hybridized carbons (Fsp3) is 0.737. The Balaban J connectivity index is 1.71. The smallest absolute Gasteiger partial charge is 0.409 e. The van der Waals surface area contributed by atoms with Crippen LogP contribution in [0.1, 0.15) is 45.2 Å². The predicted octanol–water partition coefficient (Wildman–Crippen LogP) is 2.83. The van der Waals surface area contributed by atoms with Crippen molar-refractivity contribution in [2.75, 3.05) is 49.1 Å². The summed E-state index contributed by atoms with van der Waals surface area (Å²) in [5.41, 5.74) is 0.998. The fourth-order valence-corrected chi connectivity index (χ4v) is 3.85. The summed E-state index contributed by atoms with van der Waals surface area (Å²) in [6.45, 7) is 10.4. The summed E-state index contributed by atoms with van der Waals surface area (Å²) in [6.07, 6.45) is 4.64. The van der Waals surface area contributed by atoms with Gasteiger partial charge in [0, 0.05) is 50.5 Å². The molecule has 7 nitrogen and oxygen atoms in total. The molecule has 0 saturated carbocycles. The molecule has 1 amide bonds. The number of amides is 1. The second-order valence-corrected chi connectivity index (χ2v) is 7.09. The lowest BCUT2D eigenvalue weighted by Crippen LogP contribution is -2.49. The van der Waals surface area contributed by atoms with Crippen molar-refractivity contribution in [3.05, 3.63) is 11.8 Å². The number of aromatic nitrogens is 2. The van der Waals surface area contributed by atoms with Gasteiger partial charge in [0.2, 0.25) is 5.95 Å². The molecule has 1 unspecified atom stereocenters. The van der Waals surface area contributed by atoms with Crippen molar-refractivity contribution in [2.24, 2.45) is 0 Å². The minimum absolute atomic E-state index is 0.217. The molecule has 0 spiro atoms. The number of piperidine rings is 1. The van der Waals surface area contributed by atoms with Gasteiger partial charge in [-0.25, -0.2) is 9.78 Å². The van der Waals surface area contributed by atoms with E-state index in [-0.39, 0.29) is 6.09 Å². The lowest BCUT2D eigenvalue weighted by atomic mass is 10.0. The molecule has 144 valence electrons. The monoisotopic (exact) mass is 361 g/mol. The summed E-state index contributed by atoms with van der Waals surface area (Å²) in [6, 6.07) is 2.59. The molecule has 3 rings (SSSR count). The van der Waals surface area contributed by atoms with E-state index in [0.717, 1.165) is 43.5 Å². The number of aryl methyl sites for hydroxylation is 1. The van der Waals surface area contributed by atoms with Crippen molar-refractivity contribution in [1.29, 1.82) is 0 Å². The Hall–Kier alpha value is -2.05. The molecule has 1 aromatic rings. The highest BCUT2D eigenvalue weighted by atomic mass is 16.6. The zero-order valence-corrected chi connectivity index (χ0v) is 16.3. The molecular formula is C19H31N5O2. The number of nitrogens with zero attached hydrogens (tertiary/aromatic N) is 5. The zero-order chi connectivity index (χ0) is 18.5. The third kappa shape index (κ3) is 4.19. The number of ether oxygens (including phenoxy) is 1. The van der Waals surface area contributed by atoms with Gasteiger partial charge in [-0.2, -0.15) is 4.98 Å². The van der Waals surface area contributed by atoms with Gasteiger partial charge in [-0.1, -0.05) is 6.92 Å². The Bertz CT molecular complexity index is 616. The van der Waals surface area contributed by atoms with E-state index in [9.17, 15) is 4.79 Å². The standard InChI is InChI=1S/C19H31N5O2/c1-4-16-8-6-7-9-24(16)18-20-15(3)14-17(21-18)22-10-12-23(13-11-22)19(25)26-5-2/h14,16H,4-13H2,1-3H3. The molecule has 2 aliphatic rings. The molecule has 26 heavy (non-hydrogen) atoms. The largest absolute Gasteiger partial charge is 0.450 e. The van der Waals surface area contributed by atoms with Crippen molar-refractivity contribution in [1.82, 2.24) is 14.9 Å². The van der Waals surface area contributed by atoms with E-state index in [1.165, 1.54) is 19.3 Å². The fourth-order valence-electron chi connectivity index (χ4n) is 3.85. The lowest BCUT2D eigenvalue weighted by molar-refractivity contribution is 0.105. The van der Waals surface area contributed by atoms with Crippen molar-refractivity contribution in [2.45, 2.75) is 52.5 Å². The first-order chi connectivity index (χ1) is 12.6. The van der Waals surface area contributed by atoms with E-state index < -0.39 is 0 Å². The van der Waals surface area contributed by atoms with Crippen LogP contribution >= 0.6 is 0 Å². The van der Waals surface area contributed by atoms with Gasteiger partial charge < -0.3 is 19.4 Å². The molecule has 1 atom stereocenters. The molecule has 0 aromatic carbocycles. The van der Waals surface area contributed by atoms with E-state index in [0.29, 0.717) is 25.7 Å². The van der Waals surface area contributed by atoms with Crippen molar-refractivity contribution < 1.29 is 9.53 Å². The minimum atomic E-state index is -0.217. The number of hydrogen-bond donors (Lipinski definition) is 0. The summed E-state index contributed by atoms with van der Waals surface area (Å²) in [5, 5.41) is 0. The van der Waals surface area contributed by atoms with Gasteiger partial charge in [0.25, 0.3) is 0 Å². The van der Waals surface area contributed by atoms with Gasteiger partial charge in [0.15, 0.2) is 0 Å². The van der Waals surface area contributed by atoms with E-state index >= 15 is 0 Å². The maximum atomic E-state index is 11.9. The molecule has 0 bridgehead atoms. The number of carbonyl (C=O) groups is 1. The lowest BCUT2D eigenvalue weighted by Gasteiger charge is -2.37. The zero-order valence-electron chi connectivity index (χ0n) is 16.3. The van der Waals surface area contributed by atoms with Gasteiger partial charge in [0.05, 0.1) is 6.61 Å². The molecule has 0 aliphatic carbocycles. The van der Waals surface area contributed by atoms with Crippen LogP contribution in [0.25, 0.3) is 0 Å². The van der Waals surface area contributed by atoms with Crippen LogP contribution in [0.4, 0.5) is 16.6 Å². The molecule has 7 heteroatoms. The predicted molar refractivity (Wildman–Crippen MR) is 103 cm³/mol. The third-order valence-corrected chi connectivity index (χ3v) is 5.31. The van der Waals surface area contributed by atoms with Crippen LogP contribution in [0.15, 0.2) is 6.07 Å². The van der Waals surface area contributed by atoms with Crippen LogP contribution in [-0.2, 0) is 4.74 Å². The van der Waals surface area contributed by atoms with Gasteiger partial charge in [-0.05, 0) is 39.5 Å². The summed E-state index contributed by atoms with van der Waals surface area (Å²) < 4.78 is 5.10. The average Bonchev–Trinajstić information content (AvgIpc) is 2.67. The van der Waals surface area contributed by atoms with Crippen LogP contribution in [0, 0.1) is 6.92 Å². The van der Waals surface area contributed by atoms with Crippen molar-refractivity contribution in [3.8, 4) is 0 Å². The maximum Gasteiger partial charge on any atom is 0.409 e. The molecular weight excluding hydrogens is 330 g/mol.